The number of carbonyl (C=O) groups excluding carboxylic acids is 1. The molecular weight excluding hydrogens is 470 g/mol. The fourth-order valence-corrected chi connectivity index (χ4v) is 4.66. The van der Waals surface area contributed by atoms with Gasteiger partial charge in [-0.2, -0.15) is 9.41 Å². The van der Waals surface area contributed by atoms with Crippen LogP contribution in [0.2, 0.25) is 0 Å². The van der Waals surface area contributed by atoms with Crippen LogP contribution in [0.5, 0.6) is 17.2 Å². The van der Waals surface area contributed by atoms with Gasteiger partial charge in [0.15, 0.2) is 11.5 Å². The standard InChI is InChI=1S/C25H27N3O6S/c1-33-23-13-12-22(16-24(23)34-2)35(31,32)28(15-14-19-6-4-3-5-7-19)18-25(30)27-26-17-20-8-10-21(29)11-9-20/h3-13,16-17,29H,14-15,18H2,1-2H3,(H,27,30)/b26-17+. The van der Waals surface area contributed by atoms with Crippen LogP contribution in [-0.2, 0) is 21.2 Å². The summed E-state index contributed by atoms with van der Waals surface area (Å²) in [5.41, 5.74) is 3.95. The van der Waals surface area contributed by atoms with E-state index in [4.69, 9.17) is 9.47 Å². The number of carbonyl (C=O) groups is 1. The molecule has 3 aromatic carbocycles. The molecule has 0 aromatic heterocycles. The molecule has 0 fully saturated rings. The zero-order valence-corrected chi connectivity index (χ0v) is 20.2. The first-order chi connectivity index (χ1) is 16.8. The molecule has 0 heterocycles. The first kappa shape index (κ1) is 25.7. The molecule has 0 aliphatic heterocycles. The highest BCUT2D eigenvalue weighted by molar-refractivity contribution is 7.89. The van der Waals surface area contributed by atoms with Crippen LogP contribution >= 0.6 is 0 Å². The smallest absolute Gasteiger partial charge is 0.255 e. The van der Waals surface area contributed by atoms with Crippen molar-refractivity contribution in [3.63, 3.8) is 0 Å². The number of benzene rings is 3. The Bertz CT molecular complexity index is 1260. The predicted molar refractivity (Wildman–Crippen MR) is 132 cm³/mol. The van der Waals surface area contributed by atoms with Crippen LogP contribution in [-0.4, -0.2) is 57.3 Å². The van der Waals surface area contributed by atoms with Crippen LogP contribution in [0.4, 0.5) is 0 Å². The molecule has 0 unspecified atom stereocenters. The number of hydrogen-bond donors (Lipinski definition) is 2. The Morgan fingerprint density at radius 2 is 1.69 bits per heavy atom. The maximum Gasteiger partial charge on any atom is 0.255 e. The van der Waals surface area contributed by atoms with Gasteiger partial charge in [-0.05, 0) is 53.9 Å². The monoisotopic (exact) mass is 497 g/mol. The first-order valence-electron chi connectivity index (χ1n) is 10.7. The molecule has 9 nitrogen and oxygen atoms in total. The maximum atomic E-state index is 13.5. The second-order valence-corrected chi connectivity index (χ2v) is 9.41. The van der Waals surface area contributed by atoms with Crippen molar-refractivity contribution in [1.82, 2.24) is 9.73 Å². The van der Waals surface area contributed by atoms with Gasteiger partial charge in [0.1, 0.15) is 5.75 Å². The molecule has 3 rings (SSSR count). The lowest BCUT2D eigenvalue weighted by Crippen LogP contribution is -2.40. The molecule has 35 heavy (non-hydrogen) atoms. The molecule has 0 radical (unpaired) electrons. The molecular formula is C25H27N3O6S. The lowest BCUT2D eigenvalue weighted by atomic mass is 10.1. The highest BCUT2D eigenvalue weighted by Gasteiger charge is 2.27. The number of hydrogen-bond acceptors (Lipinski definition) is 7. The Kier molecular flexibility index (Phi) is 8.82. The van der Waals surface area contributed by atoms with Gasteiger partial charge in [0.25, 0.3) is 5.91 Å². The summed E-state index contributed by atoms with van der Waals surface area (Å²) in [4.78, 5) is 12.6. The van der Waals surface area contributed by atoms with E-state index >= 15 is 0 Å². The van der Waals surface area contributed by atoms with Crippen LogP contribution in [0.25, 0.3) is 0 Å². The van der Waals surface area contributed by atoms with Crippen LogP contribution in [0.15, 0.2) is 82.8 Å². The molecule has 0 atom stereocenters. The molecule has 184 valence electrons. The number of rotatable bonds is 11. The lowest BCUT2D eigenvalue weighted by Gasteiger charge is -2.22. The number of amides is 1. The topological polar surface area (TPSA) is 118 Å². The maximum absolute atomic E-state index is 13.5. The number of phenolic OH excluding ortho intramolecular Hbond substituents is 1. The minimum absolute atomic E-state index is 0.0244. The molecule has 3 aromatic rings. The van der Waals surface area contributed by atoms with Crippen LogP contribution < -0.4 is 14.9 Å². The van der Waals surface area contributed by atoms with Gasteiger partial charge in [-0.1, -0.05) is 30.3 Å². The second kappa shape index (κ2) is 12.0. The van der Waals surface area contributed by atoms with Crippen molar-refractivity contribution < 1.29 is 27.8 Å². The fraction of sp³-hybridized carbons (Fsp3) is 0.200. The van der Waals surface area contributed by atoms with E-state index < -0.39 is 22.5 Å². The summed E-state index contributed by atoms with van der Waals surface area (Å²) in [6, 6.07) is 19.9. The molecule has 1 amide bonds. The number of aromatic hydroxyl groups is 1. The van der Waals surface area contributed by atoms with E-state index in [9.17, 15) is 18.3 Å². The molecule has 0 spiro atoms. The Morgan fingerprint density at radius 3 is 2.34 bits per heavy atom. The van der Waals surface area contributed by atoms with Crippen molar-refractivity contribution in [3.05, 3.63) is 83.9 Å². The van der Waals surface area contributed by atoms with E-state index in [-0.39, 0.29) is 22.9 Å². The molecule has 0 aliphatic carbocycles. The summed E-state index contributed by atoms with van der Waals surface area (Å²) >= 11 is 0. The zero-order valence-electron chi connectivity index (χ0n) is 19.4. The van der Waals surface area contributed by atoms with Crippen molar-refractivity contribution in [1.29, 1.82) is 0 Å². The van der Waals surface area contributed by atoms with Crippen molar-refractivity contribution in [2.24, 2.45) is 5.10 Å². The Balaban J connectivity index is 1.79. The highest BCUT2D eigenvalue weighted by Crippen LogP contribution is 2.30. The molecule has 2 N–H and O–H groups in total. The predicted octanol–water partition coefficient (Wildman–Crippen LogP) is 2.79. The average molecular weight is 498 g/mol. The van der Waals surface area contributed by atoms with E-state index in [0.29, 0.717) is 17.7 Å². The quantitative estimate of drug-likeness (QED) is 0.311. The molecule has 0 aliphatic rings. The van der Waals surface area contributed by atoms with Crippen molar-refractivity contribution in [3.8, 4) is 17.2 Å². The number of hydrazone groups is 1. The minimum Gasteiger partial charge on any atom is -0.508 e. The number of sulfonamides is 1. The lowest BCUT2D eigenvalue weighted by molar-refractivity contribution is -0.121. The fourth-order valence-electron chi connectivity index (χ4n) is 3.24. The Hall–Kier alpha value is -3.89. The third-order valence-electron chi connectivity index (χ3n) is 5.10. The third kappa shape index (κ3) is 7.05. The number of methoxy groups -OCH3 is 2. The SMILES string of the molecule is COc1ccc(S(=O)(=O)N(CCc2ccccc2)CC(=O)N/N=C/c2ccc(O)cc2)cc1OC. The third-order valence-corrected chi connectivity index (χ3v) is 6.94. The van der Waals surface area contributed by atoms with Gasteiger partial charge in [-0.15, -0.1) is 0 Å². The van der Waals surface area contributed by atoms with Crippen molar-refractivity contribution in [2.75, 3.05) is 27.3 Å². The molecule has 0 saturated heterocycles. The van der Waals surface area contributed by atoms with Gasteiger partial charge >= 0.3 is 0 Å². The van der Waals surface area contributed by atoms with E-state index in [1.54, 1.807) is 12.1 Å². The van der Waals surface area contributed by atoms with Crippen molar-refractivity contribution in [2.45, 2.75) is 11.3 Å². The van der Waals surface area contributed by atoms with E-state index in [0.717, 1.165) is 9.87 Å². The van der Waals surface area contributed by atoms with Crippen LogP contribution in [0.3, 0.4) is 0 Å². The summed E-state index contributed by atoms with van der Waals surface area (Å²) in [7, 11) is -1.17. The number of nitrogens with zero attached hydrogens (tertiary/aromatic N) is 2. The molecule has 0 bridgehead atoms. The number of ether oxygens (including phenoxy) is 2. The molecule has 0 saturated carbocycles. The Labute approximate surface area is 204 Å². The summed E-state index contributed by atoms with van der Waals surface area (Å²) < 4.78 is 38.5. The van der Waals surface area contributed by atoms with Gasteiger partial charge in [0.2, 0.25) is 10.0 Å². The summed E-state index contributed by atoms with van der Waals surface area (Å²) in [5.74, 6) is 0.167. The highest BCUT2D eigenvalue weighted by atomic mass is 32.2. The van der Waals surface area contributed by atoms with E-state index in [2.05, 4.69) is 10.5 Å². The van der Waals surface area contributed by atoms with Gasteiger partial charge < -0.3 is 14.6 Å². The summed E-state index contributed by atoms with van der Waals surface area (Å²) in [5, 5.41) is 13.2. The summed E-state index contributed by atoms with van der Waals surface area (Å²) in [6.07, 6.45) is 1.81. The van der Waals surface area contributed by atoms with Crippen molar-refractivity contribution >= 4 is 22.1 Å². The van der Waals surface area contributed by atoms with Gasteiger partial charge in [0.05, 0.1) is 31.9 Å². The number of phenols is 1. The minimum atomic E-state index is -4.05. The zero-order chi connectivity index (χ0) is 25.3. The first-order valence-corrected chi connectivity index (χ1v) is 12.1. The van der Waals surface area contributed by atoms with Gasteiger partial charge in [0, 0.05) is 12.6 Å². The summed E-state index contributed by atoms with van der Waals surface area (Å²) in [6.45, 7) is -0.355. The second-order valence-electron chi connectivity index (χ2n) is 7.48. The molecule has 10 heteroatoms. The van der Waals surface area contributed by atoms with Gasteiger partial charge in [-0.3, -0.25) is 4.79 Å². The van der Waals surface area contributed by atoms with Crippen LogP contribution in [0.1, 0.15) is 11.1 Å². The van der Waals surface area contributed by atoms with E-state index in [1.807, 2.05) is 30.3 Å². The normalized spacial score (nSPS) is 11.5. The van der Waals surface area contributed by atoms with Gasteiger partial charge in [-0.25, -0.2) is 13.8 Å². The largest absolute Gasteiger partial charge is 0.508 e. The van der Waals surface area contributed by atoms with E-state index in [1.165, 1.54) is 50.8 Å². The number of nitrogens with one attached hydrogen (secondary N) is 1. The Morgan fingerprint density at radius 1 is 1.00 bits per heavy atom. The average Bonchev–Trinajstić information content (AvgIpc) is 2.87. The van der Waals surface area contributed by atoms with Crippen LogP contribution in [0, 0.1) is 0 Å².